The van der Waals surface area contributed by atoms with Gasteiger partial charge in [-0.05, 0) is 66.7 Å². The summed E-state index contributed by atoms with van der Waals surface area (Å²) in [4.78, 5) is 0. The van der Waals surface area contributed by atoms with Crippen LogP contribution in [0.4, 0.5) is 0 Å². The van der Waals surface area contributed by atoms with E-state index in [9.17, 15) is 10.5 Å². The lowest BCUT2D eigenvalue weighted by atomic mass is 9.95. The third-order valence-electron chi connectivity index (χ3n) is 11.4. The quantitative estimate of drug-likeness (QED) is 0.182. The van der Waals surface area contributed by atoms with Crippen molar-refractivity contribution < 1.29 is 8.83 Å². The lowest BCUT2D eigenvalue weighted by molar-refractivity contribution is 0.669. The van der Waals surface area contributed by atoms with Crippen LogP contribution in [0.25, 0.3) is 110 Å². The molecule has 12 aromatic rings. The molecular weight excluding hydrogens is 689 g/mol. The van der Waals surface area contributed by atoms with Gasteiger partial charge in [0.15, 0.2) is 0 Å². The second kappa shape index (κ2) is 11.2. The zero-order valence-electron chi connectivity index (χ0n) is 29.6. The Morgan fingerprint density at radius 1 is 0.393 bits per heavy atom. The fraction of sp³-hybridized carbons (Fsp3) is 0. The highest BCUT2D eigenvalue weighted by Crippen LogP contribution is 2.45. The zero-order chi connectivity index (χ0) is 37.1. The minimum atomic E-state index is 0.519. The molecule has 258 valence electrons. The van der Waals surface area contributed by atoms with Gasteiger partial charge in [0.1, 0.15) is 28.4 Å². The van der Waals surface area contributed by atoms with Crippen molar-refractivity contribution >= 4 is 87.5 Å². The van der Waals surface area contributed by atoms with Gasteiger partial charge in [-0.3, -0.25) is 0 Å². The molecule has 0 saturated heterocycles. The molecule has 0 fully saturated rings. The Bertz CT molecular complexity index is 3750. The molecule has 4 heterocycles. The smallest absolute Gasteiger partial charge is 0.137 e. The highest BCUT2D eigenvalue weighted by molar-refractivity contribution is 6.26. The van der Waals surface area contributed by atoms with Crippen molar-refractivity contribution in [3.05, 3.63) is 169 Å². The van der Waals surface area contributed by atoms with Gasteiger partial charge in [0.2, 0.25) is 0 Å². The number of benzene rings is 8. The topological polar surface area (TPSA) is 83.7 Å². The molecule has 4 aromatic heterocycles. The van der Waals surface area contributed by atoms with Crippen molar-refractivity contribution in [2.75, 3.05) is 0 Å². The van der Waals surface area contributed by atoms with Crippen LogP contribution in [0, 0.1) is 22.7 Å². The lowest BCUT2D eigenvalue weighted by Crippen LogP contribution is -2.03. The minimum absolute atomic E-state index is 0.519. The van der Waals surface area contributed by atoms with Crippen LogP contribution in [0.15, 0.2) is 167 Å². The fourth-order valence-corrected chi connectivity index (χ4v) is 9.11. The third-order valence-corrected chi connectivity index (χ3v) is 11.4. The molecule has 0 aliphatic carbocycles. The molecule has 0 atom stereocenters. The van der Waals surface area contributed by atoms with E-state index in [1.807, 2.05) is 97.1 Å². The van der Waals surface area contributed by atoms with Crippen LogP contribution >= 0.6 is 0 Å². The van der Waals surface area contributed by atoms with E-state index in [0.29, 0.717) is 11.1 Å². The number of nitriles is 2. The normalized spacial score (nSPS) is 11.9. The molecule has 0 aliphatic heterocycles. The summed E-state index contributed by atoms with van der Waals surface area (Å²) in [6.07, 6.45) is 0. The highest BCUT2D eigenvalue weighted by atomic mass is 16.3. The van der Waals surface area contributed by atoms with Crippen LogP contribution in [0.5, 0.6) is 0 Å². The first kappa shape index (κ1) is 30.4. The molecule has 12 rings (SSSR count). The van der Waals surface area contributed by atoms with Crippen molar-refractivity contribution in [3.8, 4) is 34.6 Å². The number of para-hydroxylation sites is 4. The average Bonchev–Trinajstić information content (AvgIpc) is 4.00. The zero-order valence-corrected chi connectivity index (χ0v) is 29.6. The maximum Gasteiger partial charge on any atom is 0.137 e. The summed E-state index contributed by atoms with van der Waals surface area (Å²) in [5.74, 6) is 0. The van der Waals surface area contributed by atoms with E-state index in [1.54, 1.807) is 0 Å². The minimum Gasteiger partial charge on any atom is -0.456 e. The largest absolute Gasteiger partial charge is 0.456 e. The Kier molecular flexibility index (Phi) is 6.10. The van der Waals surface area contributed by atoms with Crippen molar-refractivity contribution in [1.82, 2.24) is 9.13 Å². The van der Waals surface area contributed by atoms with E-state index in [-0.39, 0.29) is 0 Å². The molecule has 0 aliphatic rings. The first-order valence-electron chi connectivity index (χ1n) is 18.5. The van der Waals surface area contributed by atoms with Gasteiger partial charge >= 0.3 is 0 Å². The molecule has 0 unspecified atom stereocenters. The van der Waals surface area contributed by atoms with Gasteiger partial charge in [0.05, 0.1) is 61.4 Å². The predicted octanol–water partition coefficient (Wildman–Crippen LogP) is 13.1. The summed E-state index contributed by atoms with van der Waals surface area (Å²) in [5, 5.41) is 30.0. The van der Waals surface area contributed by atoms with Gasteiger partial charge in [-0.2, -0.15) is 10.5 Å². The number of nitrogens with zero attached hydrogens (tertiary/aromatic N) is 4. The summed E-state index contributed by atoms with van der Waals surface area (Å²) in [7, 11) is 0. The Balaban J connectivity index is 1.21. The van der Waals surface area contributed by atoms with E-state index in [1.165, 1.54) is 0 Å². The lowest BCUT2D eigenvalue weighted by Gasteiger charge is -2.18. The summed E-state index contributed by atoms with van der Waals surface area (Å²) >= 11 is 0. The van der Waals surface area contributed by atoms with Crippen molar-refractivity contribution in [3.63, 3.8) is 0 Å². The molecular formula is C50H26N4O2. The average molecular weight is 715 g/mol. The SMILES string of the molecule is N#Cc1ccc(-c2cccc(-n3c4ccccc4c4ccc5oc6ccccc6c5c43)c2C#N)c(-n2c3ccccc3c3ccc4oc5ccccc5c4c32)c1. The maximum atomic E-state index is 11.3. The number of furan rings is 2. The number of aromatic nitrogens is 2. The number of hydrogen-bond donors (Lipinski definition) is 0. The molecule has 56 heavy (non-hydrogen) atoms. The van der Waals surface area contributed by atoms with Gasteiger partial charge in [-0.15, -0.1) is 0 Å². The first-order valence-corrected chi connectivity index (χ1v) is 18.5. The molecule has 8 aromatic carbocycles. The van der Waals surface area contributed by atoms with Crippen molar-refractivity contribution in [2.24, 2.45) is 0 Å². The van der Waals surface area contributed by atoms with E-state index in [4.69, 9.17) is 8.83 Å². The molecule has 0 saturated carbocycles. The highest BCUT2D eigenvalue weighted by Gasteiger charge is 2.25. The number of hydrogen-bond acceptors (Lipinski definition) is 4. The Morgan fingerprint density at radius 2 is 0.929 bits per heavy atom. The van der Waals surface area contributed by atoms with Crippen LogP contribution in [0.3, 0.4) is 0 Å². The Labute approximate surface area is 318 Å². The Hall–Kier alpha value is -8.06. The van der Waals surface area contributed by atoms with E-state index >= 15 is 0 Å². The molecule has 0 bridgehead atoms. The van der Waals surface area contributed by atoms with Crippen LogP contribution in [-0.2, 0) is 0 Å². The van der Waals surface area contributed by atoms with E-state index < -0.39 is 0 Å². The summed E-state index contributed by atoms with van der Waals surface area (Å²) in [6, 6.07) is 58.1. The van der Waals surface area contributed by atoms with Crippen LogP contribution in [0.1, 0.15) is 11.1 Å². The molecule has 0 radical (unpaired) electrons. The number of rotatable bonds is 3. The molecule has 0 spiro atoms. The molecule has 0 N–H and O–H groups in total. The summed E-state index contributed by atoms with van der Waals surface area (Å²) < 4.78 is 17.3. The fourth-order valence-electron chi connectivity index (χ4n) is 9.11. The first-order chi connectivity index (χ1) is 27.7. The van der Waals surface area contributed by atoms with Crippen LogP contribution < -0.4 is 0 Å². The third kappa shape index (κ3) is 3.97. The monoisotopic (exact) mass is 714 g/mol. The van der Waals surface area contributed by atoms with Crippen molar-refractivity contribution in [1.29, 1.82) is 10.5 Å². The van der Waals surface area contributed by atoms with Gasteiger partial charge in [-0.1, -0.05) is 91.0 Å². The summed E-state index contributed by atoms with van der Waals surface area (Å²) in [5.41, 5.74) is 11.3. The van der Waals surface area contributed by atoms with Gasteiger partial charge < -0.3 is 18.0 Å². The molecule has 6 heteroatoms. The molecule has 0 amide bonds. The van der Waals surface area contributed by atoms with Crippen LogP contribution in [-0.4, -0.2) is 9.13 Å². The van der Waals surface area contributed by atoms with Gasteiger partial charge in [-0.25, -0.2) is 0 Å². The second-order valence-electron chi connectivity index (χ2n) is 14.2. The second-order valence-corrected chi connectivity index (χ2v) is 14.2. The Morgan fingerprint density at radius 3 is 1.50 bits per heavy atom. The number of fused-ring (bicyclic) bond motifs is 14. The van der Waals surface area contributed by atoms with Gasteiger partial charge in [0.25, 0.3) is 0 Å². The summed E-state index contributed by atoms with van der Waals surface area (Å²) in [6.45, 7) is 0. The van der Waals surface area contributed by atoms with Crippen molar-refractivity contribution in [2.45, 2.75) is 0 Å². The van der Waals surface area contributed by atoms with E-state index in [2.05, 4.69) is 81.9 Å². The van der Waals surface area contributed by atoms with Gasteiger partial charge in [0, 0.05) is 43.4 Å². The van der Waals surface area contributed by atoms with E-state index in [0.717, 1.165) is 110 Å². The predicted molar refractivity (Wildman–Crippen MR) is 225 cm³/mol. The maximum absolute atomic E-state index is 11.3. The van der Waals surface area contributed by atoms with Crippen LogP contribution in [0.2, 0.25) is 0 Å². The standard InChI is InChI=1S/C50H26N4O2/c51-27-29-20-21-33(42(26-29)54-40-16-6-2-11-32(40)35-23-25-46-48(50(35)54)37-13-4-8-19-44(37)56-46)30-14-9-17-41(38(30)28-52)53-39-15-5-1-10-31(39)34-22-24-45-47(49(34)53)36-12-3-7-18-43(36)55-45/h1-26H. The molecule has 6 nitrogen and oxygen atoms in total.